The van der Waals surface area contributed by atoms with E-state index < -0.39 is 17.9 Å². The monoisotopic (exact) mass is 393 g/mol. The van der Waals surface area contributed by atoms with E-state index in [1.54, 1.807) is 25.7 Å². The van der Waals surface area contributed by atoms with Crippen LogP contribution in [0.5, 0.6) is 0 Å². The van der Waals surface area contributed by atoms with E-state index in [-0.39, 0.29) is 18.8 Å². The van der Waals surface area contributed by atoms with E-state index in [1.807, 2.05) is 30.3 Å². The fourth-order valence-electron chi connectivity index (χ4n) is 3.42. The van der Waals surface area contributed by atoms with Crippen LogP contribution in [-0.4, -0.2) is 50.7 Å². The van der Waals surface area contributed by atoms with Gasteiger partial charge in [0.05, 0.1) is 24.3 Å². The number of aliphatic hydroxyl groups excluding tert-OH is 2. The second kappa shape index (κ2) is 10.0. The molecule has 2 aromatic rings. The van der Waals surface area contributed by atoms with Gasteiger partial charge >= 0.3 is 0 Å². The van der Waals surface area contributed by atoms with Gasteiger partial charge in [-0.05, 0) is 39.3 Å². The van der Waals surface area contributed by atoms with Crippen LogP contribution >= 0.6 is 0 Å². The molecule has 1 aliphatic rings. The van der Waals surface area contributed by atoms with Gasteiger partial charge in [0, 0.05) is 24.9 Å². The number of alkyl halides is 2. The maximum atomic E-state index is 14.9. The highest BCUT2D eigenvalue weighted by molar-refractivity contribution is 5.26. The Labute approximate surface area is 165 Å². The number of benzene rings is 1. The van der Waals surface area contributed by atoms with Crippen LogP contribution < -0.4 is 0 Å². The van der Waals surface area contributed by atoms with Crippen molar-refractivity contribution in [2.75, 3.05) is 19.7 Å². The summed E-state index contributed by atoms with van der Waals surface area (Å²) in [4.78, 5) is 10.1. The van der Waals surface area contributed by atoms with Crippen LogP contribution in [0.1, 0.15) is 54.9 Å². The Balaban J connectivity index is 0.000000878. The molecule has 1 fully saturated rings. The van der Waals surface area contributed by atoms with Crippen molar-refractivity contribution in [2.45, 2.75) is 51.7 Å². The van der Waals surface area contributed by atoms with Gasteiger partial charge in [0.2, 0.25) is 0 Å². The van der Waals surface area contributed by atoms with Crippen molar-refractivity contribution in [3.8, 4) is 0 Å². The van der Waals surface area contributed by atoms with Crippen molar-refractivity contribution in [3.05, 3.63) is 59.2 Å². The van der Waals surface area contributed by atoms with Gasteiger partial charge in [0.15, 0.2) is 0 Å². The summed E-state index contributed by atoms with van der Waals surface area (Å²) in [6, 6.07) is 9.64. The predicted molar refractivity (Wildman–Crippen MR) is 104 cm³/mol. The first-order valence-corrected chi connectivity index (χ1v) is 9.55. The van der Waals surface area contributed by atoms with Crippen molar-refractivity contribution < 1.29 is 19.0 Å². The number of nitrogens with zero attached hydrogens (tertiary/aromatic N) is 3. The summed E-state index contributed by atoms with van der Waals surface area (Å²) in [5.41, 5.74) is 1.71. The van der Waals surface area contributed by atoms with Gasteiger partial charge in [0.1, 0.15) is 5.82 Å². The van der Waals surface area contributed by atoms with Crippen LogP contribution in [0.25, 0.3) is 0 Å². The van der Waals surface area contributed by atoms with Crippen molar-refractivity contribution in [1.29, 1.82) is 0 Å². The summed E-state index contributed by atoms with van der Waals surface area (Å²) in [7, 11) is 0. The molecule has 1 saturated heterocycles. The Morgan fingerprint density at radius 2 is 1.93 bits per heavy atom. The van der Waals surface area contributed by atoms with Crippen molar-refractivity contribution in [2.24, 2.45) is 0 Å². The maximum absolute atomic E-state index is 14.9. The maximum Gasteiger partial charge on any atom is 0.268 e. The second-order valence-electron chi connectivity index (χ2n) is 7.05. The van der Waals surface area contributed by atoms with Gasteiger partial charge in [-0.15, -0.1) is 0 Å². The molecule has 2 unspecified atom stereocenters. The Kier molecular flexibility index (Phi) is 7.98. The number of piperidine rings is 1. The molecule has 2 atom stereocenters. The molecule has 2 N–H and O–H groups in total. The van der Waals surface area contributed by atoms with E-state index in [0.717, 1.165) is 5.56 Å². The summed E-state index contributed by atoms with van der Waals surface area (Å²) >= 11 is 0. The number of aryl methyl sites for hydroxylation is 1. The zero-order valence-corrected chi connectivity index (χ0v) is 16.6. The fourth-order valence-corrected chi connectivity index (χ4v) is 3.42. The summed E-state index contributed by atoms with van der Waals surface area (Å²) in [5.74, 6) is -3.45. The molecular weight excluding hydrogens is 364 g/mol. The zero-order chi connectivity index (χ0) is 20.7. The van der Waals surface area contributed by atoms with Gasteiger partial charge in [0.25, 0.3) is 5.92 Å². The fraction of sp³-hybridized carbons (Fsp3) is 0.524. The van der Waals surface area contributed by atoms with Crippen molar-refractivity contribution in [1.82, 2.24) is 14.9 Å². The lowest BCUT2D eigenvalue weighted by molar-refractivity contribution is -0.0864. The third kappa shape index (κ3) is 5.77. The van der Waals surface area contributed by atoms with E-state index in [0.29, 0.717) is 30.9 Å². The molecule has 154 valence electrons. The Bertz CT molecular complexity index is 742. The summed E-state index contributed by atoms with van der Waals surface area (Å²) in [6.45, 7) is 5.93. The Morgan fingerprint density at radius 1 is 1.29 bits per heavy atom. The predicted octanol–water partition coefficient (Wildman–Crippen LogP) is 3.46. The molecule has 2 heterocycles. The third-order valence-corrected chi connectivity index (χ3v) is 4.68. The SMILES string of the molecule is CCO.Cc1ncc(C(C)O)c(C2CCN(Cc3ccccc3)CC2(F)F)n1. The molecule has 0 aliphatic carbocycles. The molecular formula is C21H29F2N3O2. The number of rotatable bonds is 4. The molecule has 0 radical (unpaired) electrons. The lowest BCUT2D eigenvalue weighted by Gasteiger charge is -2.38. The molecule has 1 aromatic carbocycles. The minimum Gasteiger partial charge on any atom is -0.397 e. The first-order chi connectivity index (χ1) is 13.3. The average Bonchev–Trinajstić information content (AvgIpc) is 2.62. The van der Waals surface area contributed by atoms with Crippen LogP contribution in [0.4, 0.5) is 8.78 Å². The van der Waals surface area contributed by atoms with E-state index >= 15 is 0 Å². The molecule has 1 aliphatic heterocycles. The summed E-state index contributed by atoms with van der Waals surface area (Å²) in [5, 5.41) is 17.5. The van der Waals surface area contributed by atoms with Gasteiger partial charge in [-0.1, -0.05) is 30.3 Å². The van der Waals surface area contributed by atoms with E-state index in [1.165, 1.54) is 6.20 Å². The number of aromatic nitrogens is 2. The zero-order valence-electron chi connectivity index (χ0n) is 16.6. The number of hydrogen-bond acceptors (Lipinski definition) is 5. The standard InChI is InChI=1S/C19H23F2N3O.C2H6O/c1-13(25)16-10-22-14(2)23-18(16)17-8-9-24(12-19(17,20)21)11-15-6-4-3-5-7-15;1-2-3/h3-7,10,13,17,25H,8-9,11-12H2,1-2H3;3H,2H2,1H3. The molecule has 1 aromatic heterocycles. The van der Waals surface area contributed by atoms with Gasteiger partial charge < -0.3 is 10.2 Å². The lowest BCUT2D eigenvalue weighted by atomic mass is 9.86. The van der Waals surface area contributed by atoms with Crippen LogP contribution in [-0.2, 0) is 6.54 Å². The minimum atomic E-state index is -2.91. The van der Waals surface area contributed by atoms with Crippen LogP contribution in [0.2, 0.25) is 0 Å². The molecule has 28 heavy (non-hydrogen) atoms. The Hall–Kier alpha value is -1.96. The normalized spacial score (nSPS) is 20.2. The number of likely N-dealkylation sites (tertiary alicyclic amines) is 1. The molecule has 0 saturated carbocycles. The quantitative estimate of drug-likeness (QED) is 0.833. The van der Waals surface area contributed by atoms with E-state index in [2.05, 4.69) is 9.97 Å². The van der Waals surface area contributed by atoms with Crippen LogP contribution in [0.3, 0.4) is 0 Å². The van der Waals surface area contributed by atoms with Crippen molar-refractivity contribution in [3.63, 3.8) is 0 Å². The van der Waals surface area contributed by atoms with Crippen LogP contribution in [0, 0.1) is 6.92 Å². The summed E-state index contributed by atoms with van der Waals surface area (Å²) < 4.78 is 29.8. The Morgan fingerprint density at radius 3 is 2.50 bits per heavy atom. The number of hydrogen-bond donors (Lipinski definition) is 2. The number of halogens is 2. The molecule has 0 amide bonds. The van der Waals surface area contributed by atoms with Gasteiger partial charge in [-0.2, -0.15) is 0 Å². The average molecular weight is 393 g/mol. The van der Waals surface area contributed by atoms with Gasteiger partial charge in [-0.3, -0.25) is 4.90 Å². The number of aliphatic hydroxyl groups is 2. The largest absolute Gasteiger partial charge is 0.397 e. The first kappa shape index (κ1) is 22.3. The first-order valence-electron chi connectivity index (χ1n) is 9.55. The lowest BCUT2D eigenvalue weighted by Crippen LogP contribution is -2.47. The highest BCUT2D eigenvalue weighted by atomic mass is 19.3. The second-order valence-corrected chi connectivity index (χ2v) is 7.05. The molecule has 3 rings (SSSR count). The topological polar surface area (TPSA) is 69.5 Å². The van der Waals surface area contributed by atoms with Crippen molar-refractivity contribution >= 4 is 0 Å². The highest BCUT2D eigenvalue weighted by Crippen LogP contribution is 2.42. The van der Waals surface area contributed by atoms with Gasteiger partial charge in [-0.25, -0.2) is 18.7 Å². The smallest absolute Gasteiger partial charge is 0.268 e. The third-order valence-electron chi connectivity index (χ3n) is 4.68. The summed E-state index contributed by atoms with van der Waals surface area (Å²) in [6.07, 6.45) is 0.902. The molecule has 7 heteroatoms. The molecule has 0 spiro atoms. The highest BCUT2D eigenvalue weighted by Gasteiger charge is 2.47. The van der Waals surface area contributed by atoms with E-state index in [4.69, 9.17) is 5.11 Å². The van der Waals surface area contributed by atoms with Crippen LogP contribution in [0.15, 0.2) is 36.5 Å². The molecule has 0 bridgehead atoms. The van der Waals surface area contributed by atoms with E-state index in [9.17, 15) is 13.9 Å². The minimum absolute atomic E-state index is 0.250. The molecule has 5 nitrogen and oxygen atoms in total.